The number of ether oxygens (including phenoxy) is 1. The lowest BCUT2D eigenvalue weighted by Crippen LogP contribution is -2.23. The van der Waals surface area contributed by atoms with Gasteiger partial charge in [0.15, 0.2) is 5.82 Å². The summed E-state index contributed by atoms with van der Waals surface area (Å²) in [5.74, 6) is 1.28. The fraction of sp³-hybridized carbons (Fsp3) is 0.0588. The molecular formula is C17H12N4O2S. The number of hydrogen-bond donors (Lipinski definition) is 0. The Morgan fingerprint density at radius 2 is 2.04 bits per heavy atom. The Labute approximate surface area is 140 Å². The molecule has 0 aliphatic heterocycles. The van der Waals surface area contributed by atoms with E-state index in [-0.39, 0.29) is 5.56 Å². The second-order valence-corrected chi connectivity index (χ2v) is 6.07. The first kappa shape index (κ1) is 14.5. The summed E-state index contributed by atoms with van der Waals surface area (Å²) in [5, 5.41) is 4.30. The molecule has 4 aromatic rings. The van der Waals surface area contributed by atoms with E-state index in [1.807, 2.05) is 42.5 Å². The van der Waals surface area contributed by atoms with E-state index in [4.69, 9.17) is 4.74 Å². The highest BCUT2D eigenvalue weighted by molar-refractivity contribution is 7.15. The summed E-state index contributed by atoms with van der Waals surface area (Å²) >= 11 is 1.31. The van der Waals surface area contributed by atoms with Gasteiger partial charge in [-0.1, -0.05) is 23.5 Å². The smallest absolute Gasteiger partial charge is 0.291 e. The molecule has 7 heteroatoms. The number of nitrogens with zero attached hydrogens (tertiary/aromatic N) is 4. The minimum absolute atomic E-state index is 0.173. The molecule has 0 N–H and O–H groups in total. The van der Waals surface area contributed by atoms with Crippen LogP contribution in [-0.4, -0.2) is 26.7 Å². The number of aromatic nitrogens is 4. The number of fused-ring (bicyclic) bond motifs is 1. The van der Waals surface area contributed by atoms with Crippen LogP contribution in [0, 0.1) is 0 Å². The van der Waals surface area contributed by atoms with Crippen molar-refractivity contribution in [2.24, 2.45) is 0 Å². The van der Waals surface area contributed by atoms with Crippen LogP contribution in [0.3, 0.4) is 0 Å². The van der Waals surface area contributed by atoms with Crippen molar-refractivity contribution < 1.29 is 4.74 Å². The Balaban J connectivity index is 1.78. The van der Waals surface area contributed by atoms with Crippen LogP contribution in [-0.2, 0) is 0 Å². The predicted octanol–water partition coefficient (Wildman–Crippen LogP) is 1.77. The molecule has 4 rings (SSSR count). The van der Waals surface area contributed by atoms with Crippen molar-refractivity contribution in [3.05, 3.63) is 69.2 Å². The molecule has 0 atom stereocenters. The van der Waals surface area contributed by atoms with Gasteiger partial charge in [-0.2, -0.15) is 9.50 Å². The Bertz CT molecular complexity index is 1100. The molecule has 0 amide bonds. The molecule has 6 nitrogen and oxygen atoms in total. The lowest BCUT2D eigenvalue weighted by atomic mass is 10.2. The van der Waals surface area contributed by atoms with E-state index in [2.05, 4.69) is 15.1 Å². The van der Waals surface area contributed by atoms with Crippen molar-refractivity contribution in [3.63, 3.8) is 0 Å². The van der Waals surface area contributed by atoms with Crippen LogP contribution in [0.2, 0.25) is 0 Å². The van der Waals surface area contributed by atoms with Gasteiger partial charge in [-0.15, -0.1) is 5.10 Å². The zero-order valence-corrected chi connectivity index (χ0v) is 13.5. The second kappa shape index (κ2) is 5.86. The fourth-order valence-electron chi connectivity index (χ4n) is 2.30. The third-order valence-electron chi connectivity index (χ3n) is 3.52. The highest BCUT2D eigenvalue weighted by atomic mass is 32.1. The highest BCUT2D eigenvalue weighted by Gasteiger charge is 2.11. The number of thiazole rings is 1. The maximum atomic E-state index is 12.5. The lowest BCUT2D eigenvalue weighted by Gasteiger charge is -1.98. The van der Waals surface area contributed by atoms with Gasteiger partial charge in [0.05, 0.1) is 11.6 Å². The topological polar surface area (TPSA) is 69.4 Å². The first-order chi connectivity index (χ1) is 11.7. The van der Waals surface area contributed by atoms with E-state index >= 15 is 0 Å². The number of methoxy groups -OCH3 is 1. The summed E-state index contributed by atoms with van der Waals surface area (Å²) in [7, 11) is 1.62. The standard InChI is InChI=1S/C17H12N4O2S/c1-23-13-6-4-11(5-7-13)9-14-16(22)21-17(24-14)19-15(20-21)12-3-2-8-18-10-12/h2-10H,1H3/b14-9-. The molecule has 0 saturated heterocycles. The van der Waals surface area contributed by atoms with Gasteiger partial charge in [0.2, 0.25) is 4.96 Å². The fourth-order valence-corrected chi connectivity index (χ4v) is 3.21. The summed E-state index contributed by atoms with van der Waals surface area (Å²) in [6.45, 7) is 0. The van der Waals surface area contributed by atoms with Gasteiger partial charge in [-0.05, 0) is 35.9 Å². The predicted molar refractivity (Wildman–Crippen MR) is 92.1 cm³/mol. The largest absolute Gasteiger partial charge is 0.497 e. The molecule has 3 heterocycles. The molecule has 3 aromatic heterocycles. The first-order valence-corrected chi connectivity index (χ1v) is 8.02. The molecule has 118 valence electrons. The average Bonchev–Trinajstić information content (AvgIpc) is 3.17. The van der Waals surface area contributed by atoms with E-state index in [0.717, 1.165) is 16.9 Å². The van der Waals surface area contributed by atoms with Gasteiger partial charge >= 0.3 is 0 Å². The molecule has 0 aliphatic carbocycles. The third kappa shape index (κ3) is 2.55. The van der Waals surface area contributed by atoms with Gasteiger partial charge in [0.25, 0.3) is 5.56 Å². The average molecular weight is 336 g/mol. The summed E-state index contributed by atoms with van der Waals surface area (Å²) in [6, 6.07) is 11.2. The molecule has 0 unspecified atom stereocenters. The number of pyridine rings is 1. The van der Waals surface area contributed by atoms with Gasteiger partial charge in [0.1, 0.15) is 5.75 Å². The van der Waals surface area contributed by atoms with Crippen LogP contribution in [0.15, 0.2) is 53.6 Å². The summed E-state index contributed by atoms with van der Waals surface area (Å²) < 4.78 is 7.06. The van der Waals surface area contributed by atoms with Crippen LogP contribution in [0.25, 0.3) is 22.4 Å². The molecule has 0 spiro atoms. The van der Waals surface area contributed by atoms with E-state index in [9.17, 15) is 4.79 Å². The molecule has 0 aliphatic rings. The Hall–Kier alpha value is -3.06. The van der Waals surface area contributed by atoms with Crippen molar-refractivity contribution in [1.82, 2.24) is 19.6 Å². The maximum Gasteiger partial charge on any atom is 0.291 e. The van der Waals surface area contributed by atoms with Crippen LogP contribution in [0.5, 0.6) is 5.75 Å². The minimum atomic E-state index is -0.173. The normalized spacial score (nSPS) is 12.0. The highest BCUT2D eigenvalue weighted by Crippen LogP contribution is 2.15. The minimum Gasteiger partial charge on any atom is -0.497 e. The van der Waals surface area contributed by atoms with E-state index < -0.39 is 0 Å². The van der Waals surface area contributed by atoms with Crippen molar-refractivity contribution >= 4 is 22.4 Å². The van der Waals surface area contributed by atoms with Gasteiger partial charge in [0, 0.05) is 18.0 Å². The first-order valence-electron chi connectivity index (χ1n) is 7.20. The molecule has 0 bridgehead atoms. The van der Waals surface area contributed by atoms with Crippen molar-refractivity contribution in [2.75, 3.05) is 7.11 Å². The third-order valence-corrected chi connectivity index (χ3v) is 4.47. The summed E-state index contributed by atoms with van der Waals surface area (Å²) in [5.41, 5.74) is 1.53. The lowest BCUT2D eigenvalue weighted by molar-refractivity contribution is 0.415. The Morgan fingerprint density at radius 3 is 2.71 bits per heavy atom. The quantitative estimate of drug-likeness (QED) is 0.570. The number of hydrogen-bond acceptors (Lipinski definition) is 6. The second-order valence-electron chi connectivity index (χ2n) is 5.06. The number of rotatable bonds is 3. The van der Waals surface area contributed by atoms with Crippen molar-refractivity contribution in [2.45, 2.75) is 0 Å². The summed E-state index contributed by atoms with van der Waals surface area (Å²) in [6.07, 6.45) is 5.18. The van der Waals surface area contributed by atoms with E-state index in [1.54, 1.807) is 19.5 Å². The molecule has 1 aromatic carbocycles. The molecule has 0 fully saturated rings. The van der Waals surface area contributed by atoms with E-state index in [0.29, 0.717) is 15.3 Å². The van der Waals surface area contributed by atoms with Gasteiger partial charge in [-0.3, -0.25) is 9.78 Å². The van der Waals surface area contributed by atoms with Gasteiger partial charge < -0.3 is 4.74 Å². The SMILES string of the molecule is COc1ccc(/C=c2\sc3nc(-c4cccnc4)nn3c2=O)cc1. The molecule has 0 saturated carbocycles. The molecule has 0 radical (unpaired) electrons. The number of benzene rings is 1. The monoisotopic (exact) mass is 336 g/mol. The zero-order valence-electron chi connectivity index (χ0n) is 12.7. The van der Waals surface area contributed by atoms with Crippen LogP contribution in [0.4, 0.5) is 0 Å². The Morgan fingerprint density at radius 1 is 1.21 bits per heavy atom. The maximum absolute atomic E-state index is 12.5. The summed E-state index contributed by atoms with van der Waals surface area (Å²) in [4.78, 5) is 21.5. The van der Waals surface area contributed by atoms with Crippen LogP contribution < -0.4 is 14.8 Å². The zero-order chi connectivity index (χ0) is 16.5. The van der Waals surface area contributed by atoms with Gasteiger partial charge in [-0.25, -0.2) is 0 Å². The Kier molecular flexibility index (Phi) is 3.55. The molecule has 24 heavy (non-hydrogen) atoms. The van der Waals surface area contributed by atoms with Crippen molar-refractivity contribution in [1.29, 1.82) is 0 Å². The van der Waals surface area contributed by atoms with Crippen molar-refractivity contribution in [3.8, 4) is 17.1 Å². The van der Waals surface area contributed by atoms with E-state index in [1.165, 1.54) is 15.9 Å². The van der Waals surface area contributed by atoms with Crippen LogP contribution >= 0.6 is 11.3 Å². The van der Waals surface area contributed by atoms with Crippen LogP contribution in [0.1, 0.15) is 5.56 Å². The molecular weight excluding hydrogens is 324 g/mol.